The van der Waals surface area contributed by atoms with Gasteiger partial charge in [0.25, 0.3) is 11.8 Å². The third-order valence-corrected chi connectivity index (χ3v) is 8.28. The molecule has 1 aliphatic rings. The molecule has 3 aromatic rings. The van der Waals surface area contributed by atoms with E-state index in [1.165, 1.54) is 6.08 Å². The Bertz CT molecular complexity index is 1440. The SMILES string of the molecule is O=C1NC(=S)N(c2cccc(Cl)c2Cl)C(=O)/C1=C/c1cc(I)c(OCc2ccc(Cl)cc2Cl)c(I)c1. The zero-order valence-corrected chi connectivity index (χ0v) is 25.9. The van der Waals surface area contributed by atoms with Crippen LogP contribution in [0.2, 0.25) is 20.1 Å². The summed E-state index contributed by atoms with van der Waals surface area (Å²) in [5.41, 5.74) is 1.59. The van der Waals surface area contributed by atoms with Crippen molar-refractivity contribution in [3.8, 4) is 5.75 Å². The average molecular weight is 804 g/mol. The van der Waals surface area contributed by atoms with Gasteiger partial charge in [-0.3, -0.25) is 19.8 Å². The van der Waals surface area contributed by atoms with E-state index < -0.39 is 11.8 Å². The van der Waals surface area contributed by atoms with Gasteiger partial charge in [0.15, 0.2) is 5.11 Å². The summed E-state index contributed by atoms with van der Waals surface area (Å²) in [6, 6.07) is 13.6. The van der Waals surface area contributed by atoms with Crippen molar-refractivity contribution in [3.63, 3.8) is 0 Å². The molecule has 12 heteroatoms. The molecule has 1 heterocycles. The van der Waals surface area contributed by atoms with E-state index in [4.69, 9.17) is 63.4 Å². The molecule has 0 spiro atoms. The third kappa shape index (κ3) is 5.95. The average Bonchev–Trinajstić information content (AvgIpc) is 2.80. The molecular formula is C24H12Cl4I2N2O3S. The lowest BCUT2D eigenvalue weighted by Crippen LogP contribution is -2.54. The van der Waals surface area contributed by atoms with E-state index in [1.807, 2.05) is 0 Å². The van der Waals surface area contributed by atoms with Crippen molar-refractivity contribution in [2.45, 2.75) is 6.61 Å². The fourth-order valence-corrected chi connectivity index (χ4v) is 6.54. The molecule has 0 saturated carbocycles. The molecule has 0 atom stereocenters. The number of benzene rings is 3. The first kappa shape index (κ1) is 27.9. The molecule has 1 N–H and O–H groups in total. The van der Waals surface area contributed by atoms with Crippen LogP contribution in [0.15, 0.2) is 54.1 Å². The Hall–Kier alpha value is -1.15. The van der Waals surface area contributed by atoms with Gasteiger partial charge in [0.05, 0.1) is 22.9 Å². The van der Waals surface area contributed by atoms with Crippen LogP contribution in [-0.4, -0.2) is 16.9 Å². The van der Waals surface area contributed by atoms with Crippen LogP contribution >= 0.6 is 104 Å². The van der Waals surface area contributed by atoms with Gasteiger partial charge in [-0.25, -0.2) is 0 Å². The maximum atomic E-state index is 13.3. The fourth-order valence-electron chi connectivity index (χ4n) is 3.30. The van der Waals surface area contributed by atoms with E-state index in [1.54, 1.807) is 48.5 Å². The van der Waals surface area contributed by atoms with Crippen LogP contribution in [-0.2, 0) is 16.2 Å². The van der Waals surface area contributed by atoms with Crippen molar-refractivity contribution in [1.29, 1.82) is 0 Å². The first-order chi connectivity index (χ1) is 17.1. The summed E-state index contributed by atoms with van der Waals surface area (Å²) in [6.07, 6.45) is 1.50. The zero-order chi connectivity index (χ0) is 26.1. The van der Waals surface area contributed by atoms with E-state index in [0.29, 0.717) is 21.4 Å². The minimum Gasteiger partial charge on any atom is -0.487 e. The highest BCUT2D eigenvalue weighted by atomic mass is 127. The lowest BCUT2D eigenvalue weighted by molar-refractivity contribution is -0.122. The van der Waals surface area contributed by atoms with Crippen LogP contribution in [0, 0.1) is 7.14 Å². The third-order valence-electron chi connectivity index (χ3n) is 4.99. The van der Waals surface area contributed by atoms with E-state index in [2.05, 4.69) is 50.5 Å². The first-order valence-corrected chi connectivity index (χ1v) is 14.1. The summed E-state index contributed by atoms with van der Waals surface area (Å²) in [5, 5.41) is 3.92. The van der Waals surface area contributed by atoms with Crippen LogP contribution in [0.25, 0.3) is 6.08 Å². The summed E-state index contributed by atoms with van der Waals surface area (Å²) < 4.78 is 7.58. The molecule has 0 unspecified atom stereocenters. The van der Waals surface area contributed by atoms with E-state index in [9.17, 15) is 9.59 Å². The van der Waals surface area contributed by atoms with Gasteiger partial charge in [-0.1, -0.05) is 58.5 Å². The molecule has 2 amide bonds. The Morgan fingerprint density at radius 1 is 0.972 bits per heavy atom. The maximum absolute atomic E-state index is 13.3. The van der Waals surface area contributed by atoms with Gasteiger partial charge in [-0.2, -0.15) is 0 Å². The molecule has 1 aliphatic heterocycles. The Kier molecular flexibility index (Phi) is 9.07. The predicted molar refractivity (Wildman–Crippen MR) is 165 cm³/mol. The molecule has 0 radical (unpaired) electrons. The first-order valence-electron chi connectivity index (χ1n) is 9.98. The maximum Gasteiger partial charge on any atom is 0.270 e. The van der Waals surface area contributed by atoms with E-state index in [-0.39, 0.29) is 33.0 Å². The lowest BCUT2D eigenvalue weighted by atomic mass is 10.1. The van der Waals surface area contributed by atoms with Crippen LogP contribution in [0.5, 0.6) is 5.75 Å². The standard InChI is InChI=1S/C24H12Cl4I2N2O3S/c25-13-5-4-12(16(27)9-13)10-35-21-17(29)7-11(8-18(21)30)6-14-22(33)31-24(36)32(23(14)34)19-3-1-2-15(26)20(19)28/h1-9H,10H2,(H,31,33,36)/b14-6+. The predicted octanol–water partition coefficient (Wildman–Crippen LogP) is 7.92. The smallest absolute Gasteiger partial charge is 0.270 e. The molecule has 0 aromatic heterocycles. The van der Waals surface area contributed by atoms with Gasteiger partial charge in [-0.15, -0.1) is 0 Å². The number of thiocarbonyl (C=S) groups is 1. The second-order valence-electron chi connectivity index (χ2n) is 7.37. The minimum atomic E-state index is -0.615. The van der Waals surface area contributed by atoms with Gasteiger partial charge in [-0.05, 0) is 105 Å². The molecular weight excluding hydrogens is 792 g/mol. The normalized spacial score (nSPS) is 14.9. The Morgan fingerprint density at radius 3 is 2.33 bits per heavy atom. The minimum absolute atomic E-state index is 0.0833. The summed E-state index contributed by atoms with van der Waals surface area (Å²) in [6.45, 7) is 0.246. The van der Waals surface area contributed by atoms with Crippen molar-refractivity contribution < 1.29 is 14.3 Å². The molecule has 1 fully saturated rings. The number of anilines is 1. The Labute approximate surface area is 259 Å². The van der Waals surface area contributed by atoms with Crippen molar-refractivity contribution in [1.82, 2.24) is 5.32 Å². The molecule has 0 bridgehead atoms. The topological polar surface area (TPSA) is 58.6 Å². The van der Waals surface area contributed by atoms with Gasteiger partial charge in [0, 0.05) is 15.6 Å². The molecule has 0 aliphatic carbocycles. The molecule has 4 rings (SSSR count). The van der Waals surface area contributed by atoms with Gasteiger partial charge >= 0.3 is 0 Å². The summed E-state index contributed by atoms with van der Waals surface area (Å²) in [5.74, 6) is -0.574. The number of hydrogen-bond acceptors (Lipinski definition) is 4. The van der Waals surface area contributed by atoms with Crippen LogP contribution in [0.3, 0.4) is 0 Å². The number of nitrogens with zero attached hydrogens (tertiary/aromatic N) is 1. The molecule has 5 nitrogen and oxygen atoms in total. The van der Waals surface area contributed by atoms with Crippen molar-refractivity contribution in [2.75, 3.05) is 4.90 Å². The number of ether oxygens (including phenoxy) is 1. The van der Waals surface area contributed by atoms with Crippen LogP contribution in [0.4, 0.5) is 5.69 Å². The molecule has 36 heavy (non-hydrogen) atoms. The second-order valence-corrected chi connectivity index (χ2v) is 11.7. The van der Waals surface area contributed by atoms with E-state index >= 15 is 0 Å². The number of carbonyl (C=O) groups is 2. The number of halogens is 6. The fraction of sp³-hybridized carbons (Fsp3) is 0.0417. The van der Waals surface area contributed by atoms with Crippen molar-refractivity contribution in [3.05, 3.63) is 92.5 Å². The highest BCUT2D eigenvalue weighted by molar-refractivity contribution is 14.1. The van der Waals surface area contributed by atoms with Crippen LogP contribution < -0.4 is 15.0 Å². The Balaban J connectivity index is 1.63. The number of rotatable bonds is 5. The number of carbonyl (C=O) groups excluding carboxylic acids is 2. The summed E-state index contributed by atoms with van der Waals surface area (Å²) >= 11 is 34.1. The molecule has 1 saturated heterocycles. The highest BCUT2D eigenvalue weighted by Gasteiger charge is 2.35. The lowest BCUT2D eigenvalue weighted by Gasteiger charge is -2.29. The zero-order valence-electron chi connectivity index (χ0n) is 17.8. The van der Waals surface area contributed by atoms with Gasteiger partial charge in [0.1, 0.15) is 17.9 Å². The number of amides is 2. The van der Waals surface area contributed by atoms with Crippen molar-refractivity contribution in [2.24, 2.45) is 0 Å². The largest absolute Gasteiger partial charge is 0.487 e. The Morgan fingerprint density at radius 2 is 1.67 bits per heavy atom. The summed E-state index contributed by atoms with van der Waals surface area (Å²) in [7, 11) is 0. The second kappa shape index (κ2) is 11.7. The van der Waals surface area contributed by atoms with E-state index in [0.717, 1.165) is 17.6 Å². The number of hydrogen-bond donors (Lipinski definition) is 1. The highest BCUT2D eigenvalue weighted by Crippen LogP contribution is 2.35. The van der Waals surface area contributed by atoms with Gasteiger partial charge in [0.2, 0.25) is 0 Å². The molecule has 184 valence electrons. The quantitative estimate of drug-likeness (QED) is 0.123. The molecule has 3 aromatic carbocycles. The van der Waals surface area contributed by atoms with Crippen LogP contribution in [0.1, 0.15) is 11.1 Å². The monoisotopic (exact) mass is 802 g/mol. The van der Waals surface area contributed by atoms with Crippen molar-refractivity contribution >= 4 is 132 Å². The van der Waals surface area contributed by atoms with Gasteiger partial charge < -0.3 is 4.74 Å². The number of nitrogens with one attached hydrogen (secondary N) is 1. The summed E-state index contributed by atoms with van der Waals surface area (Å²) in [4.78, 5) is 27.2.